The summed E-state index contributed by atoms with van der Waals surface area (Å²) in [5.74, 6) is -0.517. The minimum Gasteiger partial charge on any atom is -0.469 e. The molecule has 1 unspecified atom stereocenters. The summed E-state index contributed by atoms with van der Waals surface area (Å²) in [6, 6.07) is 5.27. The van der Waals surface area contributed by atoms with Gasteiger partial charge >= 0.3 is 5.97 Å². The number of ether oxygens (including phenoxy) is 1. The van der Waals surface area contributed by atoms with Gasteiger partial charge in [-0.05, 0) is 37.5 Å². The molecule has 0 aliphatic carbocycles. The van der Waals surface area contributed by atoms with Crippen molar-refractivity contribution in [3.05, 3.63) is 23.8 Å². The summed E-state index contributed by atoms with van der Waals surface area (Å²) in [5.41, 5.74) is 2.14. The molecule has 1 aromatic rings. The summed E-state index contributed by atoms with van der Waals surface area (Å²) < 4.78 is 4.55. The van der Waals surface area contributed by atoms with E-state index in [9.17, 15) is 14.4 Å². The number of benzene rings is 1. The first-order chi connectivity index (χ1) is 11.6. The Morgan fingerprint density at radius 1 is 1.42 bits per heavy atom. The lowest BCUT2D eigenvalue weighted by Crippen LogP contribution is -2.44. The van der Waals surface area contributed by atoms with Gasteiger partial charge in [0.15, 0.2) is 0 Å². The Kier molecular flexibility index (Phi) is 4.69. The van der Waals surface area contributed by atoms with Crippen molar-refractivity contribution in [2.24, 2.45) is 0 Å². The number of methoxy groups -OCH3 is 1. The summed E-state index contributed by atoms with van der Waals surface area (Å²) >= 11 is 0. The monoisotopic (exact) mass is 331 g/mol. The maximum atomic E-state index is 12.2. The summed E-state index contributed by atoms with van der Waals surface area (Å²) in [7, 11) is 1.34. The molecule has 0 aromatic heterocycles. The number of hydrogen-bond acceptors (Lipinski definition) is 5. The molecule has 0 radical (unpaired) electrons. The quantitative estimate of drug-likeness (QED) is 0.627. The second kappa shape index (κ2) is 6.90. The highest BCUT2D eigenvalue weighted by molar-refractivity contribution is 6.06. The zero-order chi connectivity index (χ0) is 17.1. The number of hydrogen-bond donors (Lipinski definition) is 2. The van der Waals surface area contributed by atoms with Gasteiger partial charge in [0, 0.05) is 25.1 Å². The van der Waals surface area contributed by atoms with Crippen LogP contribution >= 0.6 is 0 Å². The van der Waals surface area contributed by atoms with Gasteiger partial charge in [-0.25, -0.2) is 0 Å². The minimum absolute atomic E-state index is 0.00404. The van der Waals surface area contributed by atoms with Crippen LogP contribution in [0.3, 0.4) is 0 Å². The van der Waals surface area contributed by atoms with Gasteiger partial charge in [0.2, 0.25) is 5.91 Å². The smallest absolute Gasteiger partial charge is 0.305 e. The molecule has 0 saturated carbocycles. The predicted molar refractivity (Wildman–Crippen MR) is 89.0 cm³/mol. The average Bonchev–Trinajstić information content (AvgIpc) is 3.08. The second-order valence-corrected chi connectivity index (χ2v) is 6.01. The van der Waals surface area contributed by atoms with Gasteiger partial charge in [-0.3, -0.25) is 14.4 Å². The Morgan fingerprint density at radius 2 is 2.25 bits per heavy atom. The van der Waals surface area contributed by atoms with Crippen LogP contribution in [0, 0.1) is 0 Å². The van der Waals surface area contributed by atoms with Crippen molar-refractivity contribution in [1.82, 2.24) is 5.32 Å². The zero-order valence-corrected chi connectivity index (χ0v) is 13.6. The van der Waals surface area contributed by atoms with Crippen LogP contribution in [0.5, 0.6) is 0 Å². The van der Waals surface area contributed by atoms with Gasteiger partial charge in [-0.15, -0.1) is 0 Å². The summed E-state index contributed by atoms with van der Waals surface area (Å²) in [6.07, 6.45) is 2.66. The molecular weight excluding hydrogens is 310 g/mol. The first-order valence-corrected chi connectivity index (χ1v) is 8.16. The Bertz CT molecular complexity index is 674. The average molecular weight is 331 g/mol. The van der Waals surface area contributed by atoms with Gasteiger partial charge in [0.05, 0.1) is 18.5 Å². The summed E-state index contributed by atoms with van der Waals surface area (Å²) in [5, 5.41) is 5.66. The molecule has 2 heterocycles. The third kappa shape index (κ3) is 3.20. The highest BCUT2D eigenvalue weighted by atomic mass is 16.5. The van der Waals surface area contributed by atoms with Crippen molar-refractivity contribution >= 4 is 29.2 Å². The molecule has 24 heavy (non-hydrogen) atoms. The topological polar surface area (TPSA) is 87.7 Å². The highest BCUT2D eigenvalue weighted by Crippen LogP contribution is 2.37. The fourth-order valence-corrected chi connectivity index (χ4v) is 3.21. The molecular formula is C17H21N3O4. The number of anilines is 2. The van der Waals surface area contributed by atoms with Crippen LogP contribution in [0.15, 0.2) is 18.2 Å². The van der Waals surface area contributed by atoms with Crippen LogP contribution in [0.25, 0.3) is 0 Å². The third-order valence-electron chi connectivity index (χ3n) is 4.45. The van der Waals surface area contributed by atoms with E-state index in [0.29, 0.717) is 24.2 Å². The number of esters is 1. The van der Waals surface area contributed by atoms with Gasteiger partial charge in [-0.1, -0.05) is 0 Å². The van der Waals surface area contributed by atoms with Crippen LogP contribution in [-0.2, 0) is 14.3 Å². The maximum absolute atomic E-state index is 12.2. The van der Waals surface area contributed by atoms with Gasteiger partial charge < -0.3 is 20.3 Å². The number of fused-ring (bicyclic) bond motifs is 3. The van der Waals surface area contributed by atoms with E-state index in [2.05, 4.69) is 20.3 Å². The molecule has 3 rings (SSSR count). The van der Waals surface area contributed by atoms with Crippen molar-refractivity contribution in [3.8, 4) is 0 Å². The summed E-state index contributed by atoms with van der Waals surface area (Å²) in [6.45, 7) is 1.26. The van der Waals surface area contributed by atoms with E-state index in [1.807, 2.05) is 6.07 Å². The molecule has 1 fully saturated rings. The number of nitrogens with zero attached hydrogens (tertiary/aromatic N) is 1. The van der Waals surface area contributed by atoms with Crippen LogP contribution in [-0.4, -0.2) is 44.0 Å². The Hall–Kier alpha value is -2.57. The molecule has 2 N–H and O–H groups in total. The van der Waals surface area contributed by atoms with Crippen molar-refractivity contribution in [1.29, 1.82) is 0 Å². The van der Waals surface area contributed by atoms with Crippen molar-refractivity contribution in [3.63, 3.8) is 0 Å². The maximum Gasteiger partial charge on any atom is 0.305 e. The van der Waals surface area contributed by atoms with Crippen molar-refractivity contribution in [2.45, 2.75) is 31.7 Å². The van der Waals surface area contributed by atoms with Crippen molar-refractivity contribution in [2.75, 3.05) is 30.4 Å². The van der Waals surface area contributed by atoms with Crippen LogP contribution in [0.1, 0.15) is 36.0 Å². The fraction of sp³-hybridized carbons (Fsp3) is 0.471. The Labute approximate surface area is 140 Å². The number of amides is 2. The van der Waals surface area contributed by atoms with E-state index in [-0.39, 0.29) is 30.2 Å². The Morgan fingerprint density at radius 3 is 3.04 bits per heavy atom. The SMILES string of the molecule is COC(=O)CCCNC(=O)c1ccc2c(c1)NC(=O)C1CCCN21. The molecule has 7 heteroatoms. The molecule has 1 atom stereocenters. The molecule has 2 aliphatic heterocycles. The minimum atomic E-state index is -0.291. The third-order valence-corrected chi connectivity index (χ3v) is 4.45. The molecule has 0 bridgehead atoms. The van der Waals surface area contributed by atoms with E-state index >= 15 is 0 Å². The van der Waals surface area contributed by atoms with Gasteiger partial charge in [-0.2, -0.15) is 0 Å². The lowest BCUT2D eigenvalue weighted by molar-refractivity contribution is -0.140. The number of nitrogens with one attached hydrogen (secondary N) is 2. The normalized spacial score (nSPS) is 18.5. The Balaban J connectivity index is 1.63. The molecule has 128 valence electrons. The number of carbonyl (C=O) groups excluding carboxylic acids is 3. The summed E-state index contributed by atoms with van der Waals surface area (Å²) in [4.78, 5) is 37.5. The van der Waals surface area contributed by atoms with Gasteiger partial charge in [0.25, 0.3) is 5.91 Å². The highest BCUT2D eigenvalue weighted by Gasteiger charge is 2.36. The molecule has 1 saturated heterocycles. The molecule has 0 spiro atoms. The van der Waals surface area contributed by atoms with E-state index in [1.54, 1.807) is 12.1 Å². The molecule has 2 aliphatic rings. The molecule has 2 amide bonds. The first kappa shape index (κ1) is 16.3. The standard InChI is InChI=1S/C17H21N3O4/c1-24-15(21)5-2-8-18-16(22)11-6-7-13-12(10-11)19-17(23)14-4-3-9-20(13)14/h6-7,10,14H,2-5,8-9H2,1H3,(H,18,22)(H,19,23). The van der Waals surface area contributed by atoms with Gasteiger partial charge in [0.1, 0.15) is 6.04 Å². The van der Waals surface area contributed by atoms with E-state index < -0.39 is 0 Å². The van der Waals surface area contributed by atoms with E-state index in [4.69, 9.17) is 0 Å². The van der Waals surface area contributed by atoms with Crippen molar-refractivity contribution < 1.29 is 19.1 Å². The number of rotatable bonds is 5. The predicted octanol–water partition coefficient (Wildman–Crippen LogP) is 1.29. The van der Waals surface area contributed by atoms with Crippen LogP contribution in [0.4, 0.5) is 11.4 Å². The molecule has 7 nitrogen and oxygen atoms in total. The second-order valence-electron chi connectivity index (χ2n) is 6.01. The van der Waals surface area contributed by atoms with Crippen LogP contribution < -0.4 is 15.5 Å². The zero-order valence-electron chi connectivity index (χ0n) is 13.6. The van der Waals surface area contributed by atoms with Crippen LogP contribution in [0.2, 0.25) is 0 Å². The lowest BCUT2D eigenvalue weighted by atomic mass is 10.1. The number of carbonyl (C=O) groups is 3. The first-order valence-electron chi connectivity index (χ1n) is 8.16. The fourth-order valence-electron chi connectivity index (χ4n) is 3.21. The largest absolute Gasteiger partial charge is 0.469 e. The lowest BCUT2D eigenvalue weighted by Gasteiger charge is -2.33. The van der Waals surface area contributed by atoms with E-state index in [0.717, 1.165) is 25.1 Å². The van der Waals surface area contributed by atoms with E-state index in [1.165, 1.54) is 7.11 Å². The molecule has 1 aromatic carbocycles.